The molecule has 15 heteroatoms. The van der Waals surface area contributed by atoms with Gasteiger partial charge in [0.05, 0.1) is 18.7 Å². The number of aromatic nitrogens is 2. The lowest BCUT2D eigenvalue weighted by atomic mass is 10.1. The standard InChI is InChI=1S/C22H24F3N4O6PS/c1-14(29(13-30)12-17-11-27-15(2)28-21(17)26)19(8-9-35-36(32,33)34)37-20(31)7-6-16-4-3-5-18(10-16)22(23,24)25/h3-7,10-11,13H,8-9,12H2,1-2H3,(H2,26,27,28)(H2,32,33,34)/b7-6+,19-14-. The Morgan fingerprint density at radius 1 is 1.32 bits per heavy atom. The SMILES string of the molecule is C/C(=C(\CCOP(=O)(O)O)SC(=O)/C=C/c1cccc(C(F)(F)F)c1)N(C=O)Cc1cnc(C)nc1N. The molecule has 4 N–H and O–H groups in total. The Bertz CT molecular complexity index is 1250. The fraction of sp³-hybridized carbons (Fsp3) is 0.273. The summed E-state index contributed by atoms with van der Waals surface area (Å²) in [5, 5.41) is -0.605. The molecule has 0 spiro atoms. The minimum absolute atomic E-state index is 0.0564. The highest BCUT2D eigenvalue weighted by molar-refractivity contribution is 8.17. The van der Waals surface area contributed by atoms with Gasteiger partial charge < -0.3 is 20.4 Å². The van der Waals surface area contributed by atoms with E-state index in [9.17, 15) is 27.3 Å². The van der Waals surface area contributed by atoms with Crippen LogP contribution in [0.5, 0.6) is 0 Å². The third kappa shape index (κ3) is 10.1. The second kappa shape index (κ2) is 13.0. The van der Waals surface area contributed by atoms with E-state index in [1.165, 1.54) is 36.2 Å². The maximum Gasteiger partial charge on any atom is 0.469 e. The molecule has 2 rings (SSSR count). The summed E-state index contributed by atoms with van der Waals surface area (Å²) in [5.74, 6) is 0.571. The highest BCUT2D eigenvalue weighted by Crippen LogP contribution is 2.37. The van der Waals surface area contributed by atoms with Crippen molar-refractivity contribution in [2.75, 3.05) is 12.3 Å². The number of anilines is 1. The Morgan fingerprint density at radius 2 is 2.03 bits per heavy atom. The molecule has 0 aliphatic rings. The lowest BCUT2D eigenvalue weighted by molar-refractivity contribution is -0.137. The number of halogens is 3. The summed E-state index contributed by atoms with van der Waals surface area (Å²) in [7, 11) is -4.79. The molecule has 1 amide bonds. The van der Waals surface area contributed by atoms with Crippen molar-refractivity contribution in [3.8, 4) is 0 Å². The van der Waals surface area contributed by atoms with Gasteiger partial charge in [-0.25, -0.2) is 14.5 Å². The molecule has 0 saturated carbocycles. The lowest BCUT2D eigenvalue weighted by Crippen LogP contribution is -2.22. The number of nitrogen functional groups attached to an aromatic ring is 1. The average molecular weight is 560 g/mol. The predicted molar refractivity (Wildman–Crippen MR) is 131 cm³/mol. The molecule has 200 valence electrons. The molecule has 1 heterocycles. The van der Waals surface area contributed by atoms with E-state index in [0.717, 1.165) is 18.2 Å². The van der Waals surface area contributed by atoms with Gasteiger partial charge in [-0.05, 0) is 49.4 Å². The predicted octanol–water partition coefficient (Wildman–Crippen LogP) is 4.05. The first-order chi connectivity index (χ1) is 17.2. The average Bonchev–Trinajstić information content (AvgIpc) is 2.80. The van der Waals surface area contributed by atoms with Crippen molar-refractivity contribution in [3.63, 3.8) is 0 Å². The lowest BCUT2D eigenvalue weighted by Gasteiger charge is -2.22. The van der Waals surface area contributed by atoms with Crippen LogP contribution < -0.4 is 5.73 Å². The first kappa shape index (κ1) is 30.2. The van der Waals surface area contributed by atoms with Crippen molar-refractivity contribution in [3.05, 3.63) is 69.7 Å². The van der Waals surface area contributed by atoms with Crippen LogP contribution in [0.4, 0.5) is 19.0 Å². The van der Waals surface area contributed by atoms with Crippen LogP contribution in [0.3, 0.4) is 0 Å². The number of nitrogens with zero attached hydrogens (tertiary/aromatic N) is 3. The van der Waals surface area contributed by atoms with Crippen LogP contribution >= 0.6 is 19.6 Å². The van der Waals surface area contributed by atoms with Gasteiger partial charge in [-0.15, -0.1) is 0 Å². The molecule has 10 nitrogen and oxygen atoms in total. The second-order valence-electron chi connectivity index (χ2n) is 7.52. The van der Waals surface area contributed by atoms with Crippen molar-refractivity contribution in [2.45, 2.75) is 33.0 Å². The first-order valence-electron chi connectivity index (χ1n) is 10.5. The van der Waals surface area contributed by atoms with Crippen LogP contribution in [-0.4, -0.2) is 42.8 Å². The first-order valence-corrected chi connectivity index (χ1v) is 12.8. The highest BCUT2D eigenvalue weighted by Gasteiger charge is 2.30. The molecular weight excluding hydrogens is 536 g/mol. The fourth-order valence-electron chi connectivity index (χ4n) is 2.91. The van der Waals surface area contributed by atoms with Crippen molar-refractivity contribution >= 4 is 43.0 Å². The molecule has 0 atom stereocenters. The number of hydrogen-bond acceptors (Lipinski definition) is 8. The van der Waals surface area contributed by atoms with Gasteiger partial charge in [-0.3, -0.25) is 14.1 Å². The number of carbonyl (C=O) groups is 2. The number of amides is 1. The van der Waals surface area contributed by atoms with Crippen molar-refractivity contribution < 1.29 is 41.6 Å². The van der Waals surface area contributed by atoms with E-state index in [4.69, 9.17) is 15.5 Å². The minimum atomic E-state index is -4.79. The zero-order valence-corrected chi connectivity index (χ0v) is 21.4. The largest absolute Gasteiger partial charge is 0.469 e. The number of thioether (sulfide) groups is 1. The van der Waals surface area contributed by atoms with Crippen LogP contribution in [0.1, 0.15) is 35.9 Å². The van der Waals surface area contributed by atoms with Gasteiger partial charge in [-0.2, -0.15) is 13.2 Å². The molecule has 0 radical (unpaired) electrons. The third-order valence-corrected chi connectivity index (χ3v) is 6.36. The number of aryl methyl sites for hydroxylation is 1. The number of nitrogens with two attached hydrogens (primary N) is 1. The zero-order chi connectivity index (χ0) is 27.8. The van der Waals surface area contributed by atoms with E-state index in [1.54, 1.807) is 6.92 Å². The Morgan fingerprint density at radius 3 is 2.62 bits per heavy atom. The van der Waals surface area contributed by atoms with Crippen LogP contribution in [0.15, 0.2) is 47.1 Å². The Kier molecular flexibility index (Phi) is 10.6. The smallest absolute Gasteiger partial charge is 0.383 e. The molecule has 1 aromatic heterocycles. The number of hydrogen-bond donors (Lipinski definition) is 3. The van der Waals surface area contributed by atoms with Gasteiger partial charge in [0.15, 0.2) is 0 Å². The highest BCUT2D eigenvalue weighted by atomic mass is 32.2. The van der Waals surface area contributed by atoms with Crippen LogP contribution in [0.2, 0.25) is 0 Å². The van der Waals surface area contributed by atoms with Crippen molar-refractivity contribution in [1.29, 1.82) is 0 Å². The maximum atomic E-state index is 12.9. The minimum Gasteiger partial charge on any atom is -0.383 e. The van der Waals surface area contributed by atoms with Gasteiger partial charge >= 0.3 is 14.0 Å². The summed E-state index contributed by atoms with van der Waals surface area (Å²) < 4.78 is 54.3. The number of phosphoric acid groups is 1. The quantitative estimate of drug-likeness (QED) is 0.208. The molecule has 2 aromatic rings. The van der Waals surface area contributed by atoms with Gasteiger partial charge in [0.2, 0.25) is 11.5 Å². The number of phosphoric ester groups is 1. The van der Waals surface area contributed by atoms with Crippen molar-refractivity contribution in [2.24, 2.45) is 0 Å². The van der Waals surface area contributed by atoms with Crippen LogP contribution in [-0.2, 0) is 31.4 Å². The summed E-state index contributed by atoms with van der Waals surface area (Å²) in [5.41, 5.74) is 5.83. The van der Waals surface area contributed by atoms with Gasteiger partial charge in [0, 0.05) is 28.8 Å². The summed E-state index contributed by atoms with van der Waals surface area (Å²) in [6.07, 6.45) is -0.538. The number of carbonyl (C=O) groups excluding carboxylic acids is 2. The monoisotopic (exact) mass is 560 g/mol. The van der Waals surface area contributed by atoms with Gasteiger partial charge in [0.25, 0.3) is 0 Å². The third-order valence-electron chi connectivity index (χ3n) is 4.76. The van der Waals surface area contributed by atoms with E-state index in [-0.39, 0.29) is 34.9 Å². The molecule has 0 aliphatic heterocycles. The van der Waals surface area contributed by atoms with Gasteiger partial charge in [0.1, 0.15) is 11.6 Å². The normalized spacial score (nSPS) is 12.9. The zero-order valence-electron chi connectivity index (χ0n) is 19.7. The van der Waals surface area contributed by atoms with E-state index in [1.807, 2.05) is 0 Å². The molecule has 37 heavy (non-hydrogen) atoms. The van der Waals surface area contributed by atoms with Crippen LogP contribution in [0.25, 0.3) is 6.08 Å². The summed E-state index contributed by atoms with van der Waals surface area (Å²) >= 11 is 0.629. The van der Waals surface area contributed by atoms with Gasteiger partial charge in [-0.1, -0.05) is 18.2 Å². The summed E-state index contributed by atoms with van der Waals surface area (Å²) in [6.45, 7) is 2.61. The molecular formula is C22H24F3N4O6PS. The summed E-state index contributed by atoms with van der Waals surface area (Å²) in [6, 6.07) is 4.38. The number of benzene rings is 1. The van der Waals surface area contributed by atoms with Crippen molar-refractivity contribution in [1.82, 2.24) is 14.9 Å². The second-order valence-corrected chi connectivity index (χ2v) is 9.86. The van der Waals surface area contributed by atoms with E-state index >= 15 is 0 Å². The van der Waals surface area contributed by atoms with E-state index in [0.29, 0.717) is 29.6 Å². The fourth-order valence-corrected chi connectivity index (χ4v) is 4.07. The Hall–Kier alpha value is -3.03. The molecule has 0 unspecified atom stereocenters. The molecule has 0 aliphatic carbocycles. The topological polar surface area (TPSA) is 156 Å². The maximum absolute atomic E-state index is 12.9. The Balaban J connectivity index is 2.29. The van der Waals surface area contributed by atoms with Crippen LogP contribution in [0, 0.1) is 6.92 Å². The molecule has 1 aromatic carbocycles. The Labute approximate surface area is 214 Å². The number of allylic oxidation sites excluding steroid dienone is 1. The number of alkyl halides is 3. The number of rotatable bonds is 11. The van der Waals surface area contributed by atoms with E-state index in [2.05, 4.69) is 14.5 Å². The van der Waals surface area contributed by atoms with E-state index < -0.39 is 31.3 Å². The molecule has 0 fully saturated rings. The summed E-state index contributed by atoms with van der Waals surface area (Å²) in [4.78, 5) is 51.9. The molecule has 0 saturated heterocycles. The molecule has 0 bridgehead atoms.